The van der Waals surface area contributed by atoms with Crippen LogP contribution in [0.3, 0.4) is 0 Å². The molecule has 6 aliphatic rings. The van der Waals surface area contributed by atoms with Crippen molar-refractivity contribution in [2.45, 2.75) is 186 Å². The maximum atomic E-state index is 15.7. The standard InChI is InChI=1S/C88H103N21O13/c1-50(89-9)77(110)96-74(87(3,4)5)84(117)106-46-64-41-72(106)82(115)93-69(39-54-22-28-57-17-11-13-19-59(57)34-54)80(113)92-68(79(112)91-43-56-16-15-21-61(36-56)76-100-102-103-101-76)37-52-24-30-66(31-25-52)121-48-62-44-109(104-98-62)65-42-73(107(47-65)85(118)75(88(6,7)8)97-78(111)51(2)90-10)83(116)94-70(40-55-23-29-58-18-12-14-20-60(58)35-55)81(114)95-71(86(119)120)38-53-26-32-67(33-27-53)122-49-63-45-108(64)105-99-63/h11-36,44-45,50-51,64-65,68-75,89-90H,37-43,46-49H2,1-10H3,(H,91,112)(H,92,113)(H,93,115)(H,94,116)(H,95,114)(H,96,110)(H,97,111)(H,119,120)(H,100,101,102,103). The number of benzene rings is 7. The lowest BCUT2D eigenvalue weighted by Gasteiger charge is -2.36. The van der Waals surface area contributed by atoms with E-state index < -0.39 is 142 Å². The van der Waals surface area contributed by atoms with E-state index >= 15 is 33.6 Å². The summed E-state index contributed by atoms with van der Waals surface area (Å²) in [5, 5.41) is 72.9. The molecule has 0 radical (unpaired) electrons. The number of aromatic nitrogens is 10. The molecular formula is C88H103N21O13. The number of ether oxygens (including phenoxy) is 2. The van der Waals surface area contributed by atoms with Crippen molar-refractivity contribution < 1.29 is 62.5 Å². The summed E-state index contributed by atoms with van der Waals surface area (Å²) in [4.78, 5) is 151. The van der Waals surface area contributed by atoms with E-state index in [-0.39, 0.29) is 71.4 Å². The molecule has 12 unspecified atom stereocenters. The average molecular weight is 1660 g/mol. The highest BCUT2D eigenvalue weighted by Gasteiger charge is 2.49. The van der Waals surface area contributed by atoms with Gasteiger partial charge in [-0.25, -0.2) is 19.3 Å². The summed E-state index contributed by atoms with van der Waals surface area (Å²) in [5.74, 6) is -5.89. The number of rotatable bonds is 17. The predicted octanol–water partition coefficient (Wildman–Crippen LogP) is 4.70. The number of carbonyl (C=O) groups excluding carboxylic acids is 9. The summed E-state index contributed by atoms with van der Waals surface area (Å²) in [6.45, 7) is 13.6. The Kier molecular flexibility index (Phi) is 26.9. The summed E-state index contributed by atoms with van der Waals surface area (Å²) in [6.07, 6.45) is 2.70. The van der Waals surface area contributed by atoms with Gasteiger partial charge in [-0.2, -0.15) is 0 Å². The fraction of sp³-hybridized carbons (Fsp3) is 0.398. The first-order valence-electron chi connectivity index (χ1n) is 40.7. The van der Waals surface area contributed by atoms with Gasteiger partial charge in [-0.3, -0.25) is 43.2 Å². The third kappa shape index (κ3) is 21.2. The van der Waals surface area contributed by atoms with E-state index in [9.17, 15) is 19.5 Å². The van der Waals surface area contributed by atoms with Gasteiger partial charge in [0.25, 0.3) is 0 Å². The molecule has 122 heavy (non-hydrogen) atoms. The largest absolute Gasteiger partial charge is 0.487 e. The summed E-state index contributed by atoms with van der Waals surface area (Å²) in [7, 11) is 3.23. The second-order valence-electron chi connectivity index (χ2n) is 33.6. The minimum Gasteiger partial charge on any atom is -0.487 e. The SMILES string of the molecule is CNC(C)C(=O)NC(C(=O)N1CC2CC1C(=O)NC(Cc1ccc3ccccc3c1)C(=O)NC(C(=O)O)Cc1ccc(cc1)OCc1cn(nn1)C1CC(C(=O)NC(Cc3ccc4ccccc4c3)C(=O)NC(C(=O)NCc3cccc(-c4nnn[nH]4)c3)Cc3ccc(cc3)OCc3cn2nn3)N(C(=O)C(NC(=O)C(C)NC)C(C)(C)C)C1)C(C)(C)C. The summed E-state index contributed by atoms with van der Waals surface area (Å²) >= 11 is 0. The molecule has 0 spiro atoms. The first kappa shape index (κ1) is 86.5. The molecule has 638 valence electrons. The Hall–Kier alpha value is -13.4. The van der Waals surface area contributed by atoms with Crippen molar-refractivity contribution in [1.82, 2.24) is 108 Å². The fourth-order valence-electron chi connectivity index (χ4n) is 15.3. The zero-order valence-electron chi connectivity index (χ0n) is 69.6. The van der Waals surface area contributed by atoms with Gasteiger partial charge in [0.05, 0.1) is 36.6 Å². The minimum absolute atomic E-state index is 0.00657. The number of aromatic amines is 1. The van der Waals surface area contributed by atoms with E-state index in [2.05, 4.69) is 89.1 Å². The Balaban J connectivity index is 0.847. The van der Waals surface area contributed by atoms with Crippen LogP contribution in [0, 0.1) is 10.8 Å². The highest BCUT2D eigenvalue weighted by Crippen LogP contribution is 2.35. The lowest BCUT2D eigenvalue weighted by Crippen LogP contribution is -2.61. The normalized spacial score (nSPS) is 20.6. The topological polar surface area (TPSA) is 440 Å². The molecule has 34 heteroatoms. The van der Waals surface area contributed by atoms with E-state index in [4.69, 9.17) is 9.47 Å². The lowest BCUT2D eigenvalue weighted by atomic mass is 9.85. The molecule has 9 heterocycles. The van der Waals surface area contributed by atoms with Crippen LogP contribution in [0.4, 0.5) is 0 Å². The van der Waals surface area contributed by atoms with Crippen molar-refractivity contribution in [2.24, 2.45) is 10.8 Å². The molecule has 10 aromatic rings. The monoisotopic (exact) mass is 1660 g/mol. The highest BCUT2D eigenvalue weighted by molar-refractivity contribution is 5.99. The number of likely N-dealkylation sites (tertiary alicyclic amines) is 2. The quantitative estimate of drug-likeness (QED) is 0.0588. The summed E-state index contributed by atoms with van der Waals surface area (Å²) in [5.41, 5.74) is 2.60. The number of fused-ring (bicyclic) bond motifs is 2. The molecule has 2 fully saturated rings. The molecule has 12 bridgehead atoms. The third-order valence-corrected chi connectivity index (χ3v) is 22.6. The van der Waals surface area contributed by atoms with E-state index in [1.807, 2.05) is 97.1 Å². The Morgan fingerprint density at radius 3 is 1.40 bits per heavy atom. The van der Waals surface area contributed by atoms with E-state index in [1.165, 1.54) is 19.2 Å². The molecule has 0 saturated carbocycles. The second kappa shape index (κ2) is 37.9. The van der Waals surface area contributed by atoms with Crippen LogP contribution in [0.2, 0.25) is 0 Å². The van der Waals surface area contributed by atoms with Gasteiger partial charge in [0.1, 0.15) is 84.4 Å². The molecule has 16 rings (SSSR count). The van der Waals surface area contributed by atoms with E-state index in [0.717, 1.165) is 21.5 Å². The van der Waals surface area contributed by atoms with Gasteiger partial charge in [-0.05, 0) is 129 Å². The van der Waals surface area contributed by atoms with E-state index in [0.29, 0.717) is 62.1 Å². The van der Waals surface area contributed by atoms with Crippen LogP contribution >= 0.6 is 0 Å². The van der Waals surface area contributed by atoms with Crippen LogP contribution in [0.5, 0.6) is 11.5 Å². The van der Waals surface area contributed by atoms with Crippen molar-refractivity contribution in [3.63, 3.8) is 0 Å². The first-order valence-corrected chi connectivity index (χ1v) is 40.7. The minimum atomic E-state index is -1.52. The van der Waals surface area contributed by atoms with Crippen LogP contribution < -0.4 is 57.3 Å². The van der Waals surface area contributed by atoms with Crippen molar-refractivity contribution in [1.29, 1.82) is 0 Å². The van der Waals surface area contributed by atoms with Gasteiger partial charge >= 0.3 is 5.97 Å². The van der Waals surface area contributed by atoms with Crippen LogP contribution in [0.15, 0.2) is 170 Å². The van der Waals surface area contributed by atoms with Crippen molar-refractivity contribution in [3.8, 4) is 22.9 Å². The van der Waals surface area contributed by atoms with Gasteiger partial charge < -0.3 is 72.2 Å². The van der Waals surface area contributed by atoms with Crippen LogP contribution in [-0.4, -0.2) is 212 Å². The number of H-pyrrole nitrogens is 1. The first-order chi connectivity index (χ1) is 58.4. The fourth-order valence-corrected chi connectivity index (χ4v) is 15.3. The number of likely N-dealkylation sites (N-methyl/N-ethyl adjacent to an activating group) is 2. The zero-order valence-corrected chi connectivity index (χ0v) is 69.6. The van der Waals surface area contributed by atoms with Gasteiger partial charge in [0.2, 0.25) is 53.2 Å². The number of carboxylic acid groups (broad SMARTS) is 1. The lowest BCUT2D eigenvalue weighted by molar-refractivity contribution is -0.145. The van der Waals surface area contributed by atoms with Crippen LogP contribution in [-0.2, 0) is 93.4 Å². The molecule has 7 aromatic carbocycles. The molecule has 2 saturated heterocycles. The number of nitrogens with zero attached hydrogens (tertiary/aromatic N) is 11. The molecule has 12 atom stereocenters. The summed E-state index contributed by atoms with van der Waals surface area (Å²) in [6, 6.07) is 33.8. The van der Waals surface area contributed by atoms with Gasteiger partial charge in [-0.15, -0.1) is 15.3 Å². The number of nitrogens with one attached hydrogen (secondary N) is 10. The van der Waals surface area contributed by atoms with Crippen LogP contribution in [0.25, 0.3) is 32.9 Å². The molecule has 3 aromatic heterocycles. The molecular weight excluding hydrogens is 1560 g/mol. The smallest absolute Gasteiger partial charge is 0.326 e. The summed E-state index contributed by atoms with van der Waals surface area (Å²) < 4.78 is 15.6. The number of hydrogen-bond donors (Lipinski definition) is 11. The third-order valence-electron chi connectivity index (χ3n) is 22.6. The Morgan fingerprint density at radius 1 is 0.516 bits per heavy atom. The maximum Gasteiger partial charge on any atom is 0.326 e. The van der Waals surface area contributed by atoms with Crippen LogP contribution in [0.1, 0.15) is 120 Å². The molecule has 0 aliphatic carbocycles. The van der Waals surface area contributed by atoms with E-state index in [1.54, 1.807) is 143 Å². The van der Waals surface area contributed by atoms with Crippen molar-refractivity contribution >= 4 is 80.7 Å². The predicted molar refractivity (Wildman–Crippen MR) is 449 cm³/mol. The van der Waals surface area contributed by atoms with Gasteiger partial charge in [-0.1, -0.05) is 179 Å². The maximum absolute atomic E-state index is 15.7. The molecule has 6 aliphatic heterocycles. The Labute approximate surface area is 704 Å². The van der Waals surface area contributed by atoms with Crippen molar-refractivity contribution in [3.05, 3.63) is 209 Å². The number of tetrazole rings is 1. The molecule has 11 N–H and O–H groups in total. The van der Waals surface area contributed by atoms with Gasteiger partial charge in [0.15, 0.2) is 5.82 Å². The Morgan fingerprint density at radius 2 is 0.967 bits per heavy atom. The second-order valence-corrected chi connectivity index (χ2v) is 33.6. The number of amides is 9. The Bertz CT molecular complexity index is 5450. The number of carboxylic acids is 1. The number of hydrogen-bond acceptors (Lipinski definition) is 21. The van der Waals surface area contributed by atoms with Gasteiger partial charge in [0, 0.05) is 63.7 Å². The highest BCUT2D eigenvalue weighted by atomic mass is 16.5. The molecule has 34 nitrogen and oxygen atoms in total. The number of aliphatic carboxylic acids is 1. The van der Waals surface area contributed by atoms with Crippen molar-refractivity contribution in [2.75, 3.05) is 27.2 Å². The number of carbonyl (C=O) groups is 10. The average Bonchev–Trinajstić information content (AvgIpc) is 1.63. The molecule has 9 amide bonds. The zero-order chi connectivity index (χ0) is 86.7.